The van der Waals surface area contributed by atoms with Crippen molar-refractivity contribution in [3.05, 3.63) is 21.9 Å². The molecule has 0 saturated heterocycles. The normalized spacial score (nSPS) is 12.2. The molecule has 8 heteroatoms. The number of halogens is 1. The van der Waals surface area contributed by atoms with Crippen molar-refractivity contribution < 1.29 is 4.42 Å². The Hall–Kier alpha value is -0.630. The lowest BCUT2D eigenvalue weighted by Gasteiger charge is -2.11. The molecule has 2 aromatic rings. The van der Waals surface area contributed by atoms with Crippen LogP contribution in [0, 0.1) is 0 Å². The molecule has 0 unspecified atom stereocenters. The summed E-state index contributed by atoms with van der Waals surface area (Å²) in [6.07, 6.45) is 4.25. The third-order valence-electron chi connectivity index (χ3n) is 4.24. The zero-order chi connectivity index (χ0) is 15.0. The standard InChI is InChI=1S/C12H17B6BrO/c13-2-1-4(15)6-5(3-14)20-12-7(6)8(16)9(17)10(18)11(12)19/h1H,2-3,13-18H2/b4-1+. The van der Waals surface area contributed by atoms with Crippen molar-refractivity contribution in [3.8, 4) is 0 Å². The van der Waals surface area contributed by atoms with Crippen LogP contribution in [0.25, 0.3) is 16.4 Å². The van der Waals surface area contributed by atoms with Gasteiger partial charge in [-0.15, -0.1) is 0 Å². The Kier molecular flexibility index (Phi) is 4.73. The molecule has 20 heavy (non-hydrogen) atoms. The molecule has 0 aliphatic heterocycles. The van der Waals surface area contributed by atoms with Gasteiger partial charge in [-0.1, -0.05) is 34.3 Å². The minimum absolute atomic E-state index is 0.920. The number of allylic oxidation sites excluding steroid dienone is 1. The van der Waals surface area contributed by atoms with Gasteiger partial charge in [-0.25, -0.2) is 0 Å². The van der Waals surface area contributed by atoms with E-state index >= 15 is 0 Å². The van der Waals surface area contributed by atoms with Crippen molar-refractivity contribution >= 4 is 95.8 Å². The second-order valence-electron chi connectivity index (χ2n) is 5.44. The second-order valence-corrected chi connectivity index (χ2v) is 6.24. The topological polar surface area (TPSA) is 13.1 Å². The Balaban J connectivity index is 2.97. The van der Waals surface area contributed by atoms with Crippen molar-refractivity contribution in [1.29, 1.82) is 0 Å². The summed E-state index contributed by atoms with van der Waals surface area (Å²) in [4.78, 5) is 0. The highest BCUT2D eigenvalue weighted by molar-refractivity contribution is 9.10. The molecule has 0 aliphatic carbocycles. The van der Waals surface area contributed by atoms with Crippen LogP contribution < -0.4 is 16.4 Å². The smallest absolute Gasteiger partial charge is 0.147 e. The van der Waals surface area contributed by atoms with Crippen LogP contribution in [0.5, 0.6) is 0 Å². The average Bonchev–Trinajstić information content (AvgIpc) is 2.82. The van der Waals surface area contributed by atoms with Gasteiger partial charge in [0, 0.05) is 10.9 Å². The number of fused-ring (bicyclic) bond motifs is 1. The zero-order valence-corrected chi connectivity index (χ0v) is 14.9. The molecule has 0 saturated carbocycles. The van der Waals surface area contributed by atoms with Crippen LogP contribution in [0.15, 0.2) is 15.0 Å². The first-order valence-corrected chi connectivity index (χ1v) is 8.10. The fourth-order valence-electron chi connectivity index (χ4n) is 2.87. The predicted molar refractivity (Wildman–Crippen MR) is 111 cm³/mol. The predicted octanol–water partition coefficient (Wildman–Crippen LogP) is -3.87. The largest absolute Gasteiger partial charge is 0.460 e. The molecule has 2 rings (SSSR count). The maximum Gasteiger partial charge on any atom is 0.147 e. The van der Waals surface area contributed by atoms with E-state index in [0.29, 0.717) is 0 Å². The molecule has 0 amide bonds. The van der Waals surface area contributed by atoms with E-state index in [0.717, 1.165) is 28.5 Å². The van der Waals surface area contributed by atoms with E-state index in [1.54, 1.807) is 0 Å². The molecule has 96 valence electrons. The molecule has 0 aliphatic rings. The van der Waals surface area contributed by atoms with E-state index in [-0.39, 0.29) is 0 Å². The quantitative estimate of drug-likeness (QED) is 0.527. The highest BCUT2D eigenvalue weighted by Gasteiger charge is 2.20. The first-order valence-electron chi connectivity index (χ1n) is 7.31. The average molecular weight is 322 g/mol. The Morgan fingerprint density at radius 3 is 2.30 bits per heavy atom. The summed E-state index contributed by atoms with van der Waals surface area (Å²) in [6.45, 7) is 0. The first kappa shape index (κ1) is 15.8. The lowest BCUT2D eigenvalue weighted by molar-refractivity contribution is 0.570. The maximum absolute atomic E-state index is 6.18. The molecule has 0 atom stereocenters. The molecule has 1 aromatic heterocycles. The summed E-state index contributed by atoms with van der Waals surface area (Å²) < 4.78 is 7.27. The van der Waals surface area contributed by atoms with E-state index in [1.165, 1.54) is 32.8 Å². The van der Waals surface area contributed by atoms with Crippen LogP contribution in [0.1, 0.15) is 11.3 Å². The van der Waals surface area contributed by atoms with Crippen molar-refractivity contribution in [1.82, 2.24) is 0 Å². The molecule has 0 N–H and O–H groups in total. The van der Waals surface area contributed by atoms with Gasteiger partial charge in [0.15, 0.2) is 0 Å². The number of benzene rings is 1. The summed E-state index contributed by atoms with van der Waals surface area (Å²) in [6, 6.07) is 0. The van der Waals surface area contributed by atoms with E-state index in [4.69, 9.17) is 4.42 Å². The lowest BCUT2D eigenvalue weighted by atomic mass is 9.69. The molecule has 1 nitrogen and oxygen atoms in total. The second kappa shape index (κ2) is 6.01. The van der Waals surface area contributed by atoms with Gasteiger partial charge in [-0.3, -0.25) is 0 Å². The van der Waals surface area contributed by atoms with Crippen molar-refractivity contribution in [2.75, 3.05) is 0 Å². The SMILES string of the molecule is BC/C=C(/B)c1c(CB)oc2c(Br)c(B)c(B)c(B)c12. The fourth-order valence-corrected chi connectivity index (χ4v) is 3.45. The molecule has 0 spiro atoms. The molecule has 1 aromatic carbocycles. The maximum atomic E-state index is 6.18. The third kappa shape index (κ3) is 2.36. The van der Waals surface area contributed by atoms with Crippen molar-refractivity contribution in [2.45, 2.75) is 12.6 Å². The summed E-state index contributed by atoms with van der Waals surface area (Å²) in [7, 11) is 13.1. The van der Waals surface area contributed by atoms with Gasteiger partial charge in [-0.2, -0.15) is 0 Å². The molecular formula is C12H17B6BrO. The minimum Gasteiger partial charge on any atom is -0.460 e. The summed E-state index contributed by atoms with van der Waals surface area (Å²) in [5.41, 5.74) is 7.57. The van der Waals surface area contributed by atoms with Gasteiger partial charge in [0.25, 0.3) is 0 Å². The van der Waals surface area contributed by atoms with Gasteiger partial charge in [0.05, 0.1) is 4.47 Å². The highest BCUT2D eigenvalue weighted by atomic mass is 79.9. The van der Waals surface area contributed by atoms with E-state index in [1.807, 2.05) is 0 Å². The Morgan fingerprint density at radius 2 is 1.75 bits per heavy atom. The third-order valence-corrected chi connectivity index (χ3v) is 5.19. The van der Waals surface area contributed by atoms with Crippen LogP contribution in [0.3, 0.4) is 0 Å². The van der Waals surface area contributed by atoms with Crippen LogP contribution in [0.2, 0.25) is 6.32 Å². The number of hydrogen-bond donors (Lipinski definition) is 0. The van der Waals surface area contributed by atoms with Crippen LogP contribution >= 0.6 is 15.9 Å². The minimum atomic E-state index is 0.920. The van der Waals surface area contributed by atoms with Gasteiger partial charge in [-0.05, 0) is 22.3 Å². The Labute approximate surface area is 134 Å². The monoisotopic (exact) mass is 322 g/mol. The van der Waals surface area contributed by atoms with Crippen LogP contribution in [-0.2, 0) is 6.32 Å². The molecule has 0 fully saturated rings. The molecular weight excluding hydrogens is 305 g/mol. The zero-order valence-electron chi connectivity index (χ0n) is 13.3. The number of hydrogen-bond acceptors (Lipinski definition) is 1. The highest BCUT2D eigenvalue weighted by Crippen LogP contribution is 2.32. The van der Waals surface area contributed by atoms with Gasteiger partial charge < -0.3 is 4.42 Å². The van der Waals surface area contributed by atoms with E-state index in [9.17, 15) is 0 Å². The molecule has 1 heterocycles. The van der Waals surface area contributed by atoms with E-state index < -0.39 is 0 Å². The Morgan fingerprint density at radius 1 is 1.10 bits per heavy atom. The summed E-state index contributed by atoms with van der Waals surface area (Å²) in [5, 5.41) is 1.28. The molecule has 0 radical (unpaired) electrons. The number of furan rings is 1. The van der Waals surface area contributed by atoms with Gasteiger partial charge >= 0.3 is 0 Å². The van der Waals surface area contributed by atoms with Gasteiger partial charge in [0.1, 0.15) is 58.4 Å². The van der Waals surface area contributed by atoms with Crippen molar-refractivity contribution in [2.24, 2.45) is 0 Å². The summed E-state index contributed by atoms with van der Waals surface area (Å²) in [5.74, 6) is 1.09. The fraction of sp³-hybridized carbons (Fsp3) is 0.167. The van der Waals surface area contributed by atoms with Crippen molar-refractivity contribution in [3.63, 3.8) is 0 Å². The Bertz CT molecular complexity index is 706. The van der Waals surface area contributed by atoms with Crippen LogP contribution in [-0.4, -0.2) is 47.1 Å². The van der Waals surface area contributed by atoms with E-state index in [2.05, 4.69) is 69.1 Å². The molecule has 0 bridgehead atoms. The first-order chi connectivity index (χ1) is 9.43. The van der Waals surface area contributed by atoms with Gasteiger partial charge in [0.2, 0.25) is 0 Å². The summed E-state index contributed by atoms with van der Waals surface area (Å²) >= 11 is 3.72. The van der Waals surface area contributed by atoms with Crippen LogP contribution in [0.4, 0.5) is 0 Å². The number of rotatable bonds is 3. The lowest BCUT2D eigenvalue weighted by Crippen LogP contribution is -2.40.